The predicted octanol–water partition coefficient (Wildman–Crippen LogP) is 4.01. The first-order valence-corrected chi connectivity index (χ1v) is 10.4. The van der Waals surface area contributed by atoms with Gasteiger partial charge in [0.05, 0.1) is 23.8 Å². The molecule has 0 spiro atoms. The minimum Gasteiger partial charge on any atom is -0.386 e. The van der Waals surface area contributed by atoms with Crippen LogP contribution in [0.1, 0.15) is 40.4 Å². The minimum atomic E-state index is -4.88. The molecular weight excluding hydrogens is 463 g/mol. The number of benzene rings is 1. The van der Waals surface area contributed by atoms with Crippen LogP contribution in [0.5, 0.6) is 5.88 Å². The van der Waals surface area contributed by atoms with Crippen LogP contribution in [0.25, 0.3) is 10.9 Å². The highest BCUT2D eigenvalue weighted by molar-refractivity contribution is 5.98. The fraction of sp³-hybridized carbons (Fsp3) is 0.217. The molecule has 0 unspecified atom stereocenters. The van der Waals surface area contributed by atoms with Crippen molar-refractivity contribution in [3.8, 4) is 5.88 Å². The molecule has 0 bridgehead atoms. The summed E-state index contributed by atoms with van der Waals surface area (Å²) >= 11 is 0. The van der Waals surface area contributed by atoms with Crippen LogP contribution in [0.15, 0.2) is 54.9 Å². The SMILES string of the molecule is Cc1cc2cc(C(=O)N(Cc3ccc(OC(F)(F)F)nn3)[C@H](C)c3ncccn3)ccc2nc1N. The number of nitrogens with two attached hydrogens (primary N) is 1. The van der Waals surface area contributed by atoms with Gasteiger partial charge in [-0.2, -0.15) is 0 Å². The van der Waals surface area contributed by atoms with Gasteiger partial charge in [0.15, 0.2) is 0 Å². The fourth-order valence-electron chi connectivity index (χ4n) is 3.43. The van der Waals surface area contributed by atoms with Gasteiger partial charge < -0.3 is 15.4 Å². The monoisotopic (exact) mass is 483 g/mol. The number of ether oxygens (including phenoxy) is 1. The number of nitrogens with zero attached hydrogens (tertiary/aromatic N) is 6. The second kappa shape index (κ2) is 9.49. The van der Waals surface area contributed by atoms with E-state index >= 15 is 0 Å². The summed E-state index contributed by atoms with van der Waals surface area (Å²) in [5, 5.41) is 7.99. The summed E-state index contributed by atoms with van der Waals surface area (Å²) in [5.74, 6) is -0.268. The molecule has 0 aliphatic heterocycles. The second-order valence-electron chi connectivity index (χ2n) is 7.72. The molecule has 0 fully saturated rings. The van der Waals surface area contributed by atoms with Crippen molar-refractivity contribution >= 4 is 22.6 Å². The lowest BCUT2D eigenvalue weighted by Crippen LogP contribution is -2.34. The Balaban J connectivity index is 1.67. The maximum atomic E-state index is 13.6. The Bertz CT molecular complexity index is 1350. The molecule has 2 N–H and O–H groups in total. The first kappa shape index (κ1) is 23.8. The molecule has 3 heterocycles. The lowest BCUT2D eigenvalue weighted by atomic mass is 10.1. The van der Waals surface area contributed by atoms with Crippen molar-refractivity contribution in [2.45, 2.75) is 32.8 Å². The summed E-state index contributed by atoms with van der Waals surface area (Å²) < 4.78 is 41.1. The standard InChI is InChI=1S/C23H20F3N7O2/c1-13-10-16-11-15(4-6-18(16)30-20(13)27)22(34)33(14(2)21-28-8-3-9-29-21)12-17-5-7-19(32-31-17)35-23(24,25)26/h3-11,14H,12H2,1-2H3,(H2,27,30)/t14-/m1/s1. The molecule has 0 aliphatic carbocycles. The Labute approximate surface area is 197 Å². The van der Waals surface area contributed by atoms with Crippen LogP contribution in [0.3, 0.4) is 0 Å². The molecule has 12 heteroatoms. The number of amides is 1. The van der Waals surface area contributed by atoms with Gasteiger partial charge in [-0.25, -0.2) is 15.0 Å². The Morgan fingerprint density at radius 2 is 1.86 bits per heavy atom. The highest BCUT2D eigenvalue weighted by atomic mass is 19.4. The maximum absolute atomic E-state index is 13.6. The lowest BCUT2D eigenvalue weighted by molar-refractivity contribution is -0.276. The Morgan fingerprint density at radius 1 is 1.11 bits per heavy atom. The van der Waals surface area contributed by atoms with E-state index in [1.165, 1.54) is 11.0 Å². The number of anilines is 1. The van der Waals surface area contributed by atoms with Crippen molar-refractivity contribution in [1.82, 2.24) is 30.0 Å². The molecule has 1 aromatic carbocycles. The van der Waals surface area contributed by atoms with Crippen LogP contribution in [0.2, 0.25) is 0 Å². The molecular formula is C23H20F3N7O2. The van der Waals surface area contributed by atoms with Crippen molar-refractivity contribution in [2.24, 2.45) is 0 Å². The first-order chi connectivity index (χ1) is 16.6. The highest BCUT2D eigenvalue weighted by Crippen LogP contribution is 2.25. The number of pyridine rings is 1. The fourth-order valence-corrected chi connectivity index (χ4v) is 3.43. The normalized spacial score (nSPS) is 12.4. The van der Waals surface area contributed by atoms with Crippen LogP contribution in [0.4, 0.5) is 19.0 Å². The van der Waals surface area contributed by atoms with Crippen molar-refractivity contribution in [2.75, 3.05) is 5.73 Å². The van der Waals surface area contributed by atoms with E-state index in [0.717, 1.165) is 17.0 Å². The minimum absolute atomic E-state index is 0.0609. The maximum Gasteiger partial charge on any atom is 0.574 e. The molecule has 180 valence electrons. The van der Waals surface area contributed by atoms with Crippen LogP contribution in [0, 0.1) is 6.92 Å². The third-order valence-corrected chi connectivity index (χ3v) is 5.23. The Kier molecular flexibility index (Phi) is 6.45. The van der Waals surface area contributed by atoms with Gasteiger partial charge in [0.1, 0.15) is 11.6 Å². The van der Waals surface area contributed by atoms with Gasteiger partial charge >= 0.3 is 6.36 Å². The van der Waals surface area contributed by atoms with E-state index in [2.05, 4.69) is 29.9 Å². The zero-order chi connectivity index (χ0) is 25.2. The number of alkyl halides is 3. The van der Waals surface area contributed by atoms with E-state index in [4.69, 9.17) is 5.73 Å². The molecule has 0 saturated carbocycles. The van der Waals surface area contributed by atoms with E-state index in [1.807, 2.05) is 13.0 Å². The topological polar surface area (TPSA) is 120 Å². The largest absolute Gasteiger partial charge is 0.574 e. The number of rotatable bonds is 6. The molecule has 3 aromatic heterocycles. The number of hydrogen-bond acceptors (Lipinski definition) is 8. The van der Waals surface area contributed by atoms with Gasteiger partial charge in [-0.05, 0) is 55.8 Å². The number of halogens is 3. The van der Waals surface area contributed by atoms with Gasteiger partial charge in [0.25, 0.3) is 5.91 Å². The van der Waals surface area contributed by atoms with E-state index in [0.29, 0.717) is 22.7 Å². The number of carbonyl (C=O) groups is 1. The number of nitrogen functional groups attached to an aromatic ring is 1. The van der Waals surface area contributed by atoms with Gasteiger partial charge in [-0.3, -0.25) is 4.79 Å². The van der Waals surface area contributed by atoms with Gasteiger partial charge in [0, 0.05) is 29.4 Å². The van der Waals surface area contributed by atoms with E-state index < -0.39 is 18.3 Å². The van der Waals surface area contributed by atoms with Crippen molar-refractivity contribution in [3.63, 3.8) is 0 Å². The van der Waals surface area contributed by atoms with Crippen LogP contribution in [-0.2, 0) is 6.54 Å². The average molecular weight is 483 g/mol. The summed E-state index contributed by atoms with van der Waals surface area (Å²) in [5.41, 5.74) is 7.92. The molecule has 0 aliphatic rings. The quantitative estimate of drug-likeness (QED) is 0.437. The van der Waals surface area contributed by atoms with E-state index in [9.17, 15) is 18.0 Å². The molecule has 1 atom stereocenters. The molecule has 35 heavy (non-hydrogen) atoms. The third kappa shape index (κ3) is 5.60. The van der Waals surface area contributed by atoms with Crippen LogP contribution >= 0.6 is 0 Å². The number of hydrogen-bond donors (Lipinski definition) is 1. The van der Waals surface area contributed by atoms with Crippen molar-refractivity contribution in [3.05, 3.63) is 77.5 Å². The lowest BCUT2D eigenvalue weighted by Gasteiger charge is -2.28. The number of carbonyl (C=O) groups excluding carboxylic acids is 1. The first-order valence-electron chi connectivity index (χ1n) is 10.4. The van der Waals surface area contributed by atoms with Crippen molar-refractivity contribution in [1.29, 1.82) is 0 Å². The van der Waals surface area contributed by atoms with Crippen molar-refractivity contribution < 1.29 is 22.7 Å². The number of fused-ring (bicyclic) bond motifs is 1. The summed E-state index contributed by atoms with van der Waals surface area (Å²) in [7, 11) is 0. The molecule has 9 nitrogen and oxygen atoms in total. The Hall–Kier alpha value is -4.35. The number of aryl methyl sites for hydroxylation is 1. The molecule has 4 rings (SSSR count). The zero-order valence-corrected chi connectivity index (χ0v) is 18.7. The summed E-state index contributed by atoms with van der Waals surface area (Å²) in [6.07, 6.45) is -1.77. The van der Waals surface area contributed by atoms with Gasteiger partial charge in [-0.15, -0.1) is 23.4 Å². The van der Waals surface area contributed by atoms with E-state index in [1.54, 1.807) is 43.6 Å². The summed E-state index contributed by atoms with van der Waals surface area (Å²) in [6.45, 7) is 3.51. The van der Waals surface area contributed by atoms with Gasteiger partial charge in [0.2, 0.25) is 5.88 Å². The zero-order valence-electron chi connectivity index (χ0n) is 18.7. The average Bonchev–Trinajstić information content (AvgIpc) is 2.83. The van der Waals surface area contributed by atoms with Crippen LogP contribution in [-0.4, -0.2) is 42.3 Å². The molecule has 4 aromatic rings. The smallest absolute Gasteiger partial charge is 0.386 e. The van der Waals surface area contributed by atoms with E-state index in [-0.39, 0.29) is 18.1 Å². The van der Waals surface area contributed by atoms with Gasteiger partial charge in [-0.1, -0.05) is 0 Å². The summed E-state index contributed by atoms with van der Waals surface area (Å²) in [4.78, 5) is 27.9. The van der Waals surface area contributed by atoms with Crippen LogP contribution < -0.4 is 10.5 Å². The molecule has 0 radical (unpaired) electrons. The predicted molar refractivity (Wildman–Crippen MR) is 120 cm³/mol. The molecule has 0 saturated heterocycles. The number of aromatic nitrogens is 5. The summed E-state index contributed by atoms with van der Waals surface area (Å²) in [6, 6.07) is 10.3. The Morgan fingerprint density at radius 3 is 2.51 bits per heavy atom. The highest BCUT2D eigenvalue weighted by Gasteiger charge is 2.32. The third-order valence-electron chi connectivity index (χ3n) is 5.23. The second-order valence-corrected chi connectivity index (χ2v) is 7.72. The molecule has 1 amide bonds.